The normalized spacial score (nSPS) is 13.2. The van der Waals surface area contributed by atoms with Gasteiger partial charge in [0, 0.05) is 12.5 Å². The SMILES string of the molecule is CCOCC(C)c1nc2ccccc2[nH]1. The van der Waals surface area contributed by atoms with Crippen molar-refractivity contribution in [2.24, 2.45) is 0 Å². The van der Waals surface area contributed by atoms with E-state index >= 15 is 0 Å². The van der Waals surface area contributed by atoms with Gasteiger partial charge in [0.25, 0.3) is 0 Å². The molecule has 1 aromatic heterocycles. The van der Waals surface area contributed by atoms with E-state index in [4.69, 9.17) is 4.74 Å². The first-order valence-electron chi connectivity index (χ1n) is 5.33. The van der Waals surface area contributed by atoms with E-state index in [1.165, 1.54) is 0 Å². The second-order valence-corrected chi connectivity index (χ2v) is 3.70. The molecule has 1 atom stereocenters. The summed E-state index contributed by atoms with van der Waals surface area (Å²) in [5, 5.41) is 0. The predicted octanol–water partition coefficient (Wildman–Crippen LogP) is 2.70. The van der Waals surface area contributed by atoms with Gasteiger partial charge >= 0.3 is 0 Å². The first kappa shape index (κ1) is 10.2. The first-order chi connectivity index (χ1) is 7.31. The highest BCUT2D eigenvalue weighted by molar-refractivity contribution is 5.74. The summed E-state index contributed by atoms with van der Waals surface area (Å²) in [5.41, 5.74) is 2.12. The molecule has 0 fully saturated rings. The fourth-order valence-electron chi connectivity index (χ4n) is 1.58. The molecule has 1 N–H and O–H groups in total. The number of H-pyrrole nitrogens is 1. The van der Waals surface area contributed by atoms with Crippen LogP contribution in [-0.4, -0.2) is 23.2 Å². The van der Waals surface area contributed by atoms with Crippen molar-refractivity contribution in [1.29, 1.82) is 0 Å². The van der Waals surface area contributed by atoms with Crippen molar-refractivity contribution in [2.45, 2.75) is 19.8 Å². The maximum atomic E-state index is 5.39. The highest BCUT2D eigenvalue weighted by Crippen LogP contribution is 2.17. The summed E-state index contributed by atoms with van der Waals surface area (Å²) in [7, 11) is 0. The lowest BCUT2D eigenvalue weighted by atomic mass is 10.2. The van der Waals surface area contributed by atoms with Crippen LogP contribution in [0.25, 0.3) is 11.0 Å². The zero-order valence-electron chi connectivity index (χ0n) is 9.16. The van der Waals surface area contributed by atoms with E-state index < -0.39 is 0 Å². The van der Waals surface area contributed by atoms with E-state index in [1.807, 2.05) is 31.2 Å². The largest absolute Gasteiger partial charge is 0.381 e. The molecule has 0 spiro atoms. The zero-order valence-corrected chi connectivity index (χ0v) is 9.16. The third-order valence-electron chi connectivity index (χ3n) is 2.45. The summed E-state index contributed by atoms with van der Waals surface area (Å²) in [5.74, 6) is 1.32. The van der Waals surface area contributed by atoms with Gasteiger partial charge < -0.3 is 9.72 Å². The van der Waals surface area contributed by atoms with Crippen molar-refractivity contribution < 1.29 is 4.74 Å². The van der Waals surface area contributed by atoms with Crippen molar-refractivity contribution in [3.63, 3.8) is 0 Å². The number of nitrogens with zero attached hydrogens (tertiary/aromatic N) is 1. The lowest BCUT2D eigenvalue weighted by Crippen LogP contribution is -2.05. The van der Waals surface area contributed by atoms with Gasteiger partial charge in [0.2, 0.25) is 0 Å². The van der Waals surface area contributed by atoms with Crippen LogP contribution in [0.2, 0.25) is 0 Å². The summed E-state index contributed by atoms with van der Waals surface area (Å²) >= 11 is 0. The number of hydrogen-bond donors (Lipinski definition) is 1. The quantitative estimate of drug-likeness (QED) is 0.831. The molecule has 0 saturated carbocycles. The van der Waals surface area contributed by atoms with Crippen LogP contribution in [0.15, 0.2) is 24.3 Å². The minimum Gasteiger partial charge on any atom is -0.381 e. The number of aromatic nitrogens is 2. The highest BCUT2D eigenvalue weighted by Gasteiger charge is 2.10. The Kier molecular flexibility index (Phi) is 3.02. The van der Waals surface area contributed by atoms with E-state index in [1.54, 1.807) is 0 Å². The molecule has 0 aliphatic rings. The Morgan fingerprint density at radius 3 is 2.93 bits per heavy atom. The molecule has 80 valence electrons. The van der Waals surface area contributed by atoms with Gasteiger partial charge in [-0.2, -0.15) is 0 Å². The van der Waals surface area contributed by atoms with Crippen molar-refractivity contribution in [1.82, 2.24) is 9.97 Å². The Balaban J connectivity index is 2.20. The molecule has 3 heteroatoms. The number of fused-ring (bicyclic) bond motifs is 1. The number of hydrogen-bond acceptors (Lipinski definition) is 2. The van der Waals surface area contributed by atoms with Gasteiger partial charge in [0.1, 0.15) is 5.82 Å². The maximum absolute atomic E-state index is 5.39. The third-order valence-corrected chi connectivity index (χ3v) is 2.45. The van der Waals surface area contributed by atoms with Crippen LogP contribution in [-0.2, 0) is 4.74 Å². The Bertz CT molecular complexity index is 403. The fourth-order valence-corrected chi connectivity index (χ4v) is 1.58. The molecule has 2 rings (SSSR count). The number of ether oxygens (including phenoxy) is 1. The molecule has 2 aromatic rings. The van der Waals surface area contributed by atoms with Gasteiger partial charge in [-0.15, -0.1) is 0 Å². The van der Waals surface area contributed by atoms with Crippen LogP contribution in [0.4, 0.5) is 0 Å². The van der Waals surface area contributed by atoms with Gasteiger partial charge in [-0.1, -0.05) is 19.1 Å². The summed E-state index contributed by atoms with van der Waals surface area (Å²) in [6.45, 7) is 5.60. The van der Waals surface area contributed by atoms with Gasteiger partial charge in [-0.25, -0.2) is 4.98 Å². The van der Waals surface area contributed by atoms with Crippen LogP contribution in [0, 0.1) is 0 Å². The molecule has 3 nitrogen and oxygen atoms in total. The summed E-state index contributed by atoms with van der Waals surface area (Å²) in [6.07, 6.45) is 0. The average Bonchev–Trinajstić information content (AvgIpc) is 2.69. The fraction of sp³-hybridized carbons (Fsp3) is 0.417. The Morgan fingerprint density at radius 1 is 1.40 bits per heavy atom. The predicted molar refractivity (Wildman–Crippen MR) is 61.0 cm³/mol. The molecule has 0 bridgehead atoms. The van der Waals surface area contributed by atoms with Gasteiger partial charge in [-0.05, 0) is 19.1 Å². The molecule has 1 aromatic carbocycles. The van der Waals surface area contributed by atoms with Gasteiger partial charge in [0.05, 0.1) is 17.6 Å². The topological polar surface area (TPSA) is 37.9 Å². The van der Waals surface area contributed by atoms with Crippen LogP contribution in [0.1, 0.15) is 25.6 Å². The van der Waals surface area contributed by atoms with Crippen molar-refractivity contribution in [3.8, 4) is 0 Å². The molecule has 0 saturated heterocycles. The second kappa shape index (κ2) is 4.45. The van der Waals surface area contributed by atoms with Crippen LogP contribution < -0.4 is 0 Å². The van der Waals surface area contributed by atoms with Crippen LogP contribution in [0.3, 0.4) is 0 Å². The monoisotopic (exact) mass is 204 g/mol. The number of rotatable bonds is 4. The molecular weight excluding hydrogens is 188 g/mol. The van der Waals surface area contributed by atoms with Gasteiger partial charge in [-0.3, -0.25) is 0 Å². The Morgan fingerprint density at radius 2 is 2.20 bits per heavy atom. The summed E-state index contributed by atoms with van der Waals surface area (Å²) in [6, 6.07) is 8.07. The number of para-hydroxylation sites is 2. The summed E-state index contributed by atoms with van der Waals surface area (Å²) < 4.78 is 5.39. The molecule has 15 heavy (non-hydrogen) atoms. The van der Waals surface area contributed by atoms with Crippen molar-refractivity contribution in [3.05, 3.63) is 30.1 Å². The highest BCUT2D eigenvalue weighted by atomic mass is 16.5. The van der Waals surface area contributed by atoms with E-state index in [9.17, 15) is 0 Å². The Labute approximate surface area is 89.5 Å². The standard InChI is InChI=1S/C12H16N2O/c1-3-15-8-9(2)12-13-10-6-4-5-7-11(10)14-12/h4-7,9H,3,8H2,1-2H3,(H,13,14). The van der Waals surface area contributed by atoms with E-state index in [0.29, 0.717) is 5.92 Å². The first-order valence-corrected chi connectivity index (χ1v) is 5.33. The zero-order chi connectivity index (χ0) is 10.7. The van der Waals surface area contributed by atoms with Crippen LogP contribution >= 0.6 is 0 Å². The van der Waals surface area contributed by atoms with E-state index in [2.05, 4.69) is 16.9 Å². The third kappa shape index (κ3) is 2.18. The smallest absolute Gasteiger partial charge is 0.112 e. The Hall–Kier alpha value is -1.35. The molecular formula is C12H16N2O. The molecule has 0 amide bonds. The van der Waals surface area contributed by atoms with Crippen molar-refractivity contribution in [2.75, 3.05) is 13.2 Å². The minimum atomic E-state index is 0.317. The second-order valence-electron chi connectivity index (χ2n) is 3.70. The number of nitrogens with one attached hydrogen (secondary N) is 1. The molecule has 1 unspecified atom stereocenters. The van der Waals surface area contributed by atoms with Crippen LogP contribution in [0.5, 0.6) is 0 Å². The average molecular weight is 204 g/mol. The molecule has 0 aliphatic heterocycles. The molecule has 1 heterocycles. The summed E-state index contributed by atoms with van der Waals surface area (Å²) in [4.78, 5) is 7.84. The lowest BCUT2D eigenvalue weighted by Gasteiger charge is -2.07. The number of imidazole rings is 1. The minimum absolute atomic E-state index is 0.317. The number of aromatic amines is 1. The number of benzene rings is 1. The van der Waals surface area contributed by atoms with Gasteiger partial charge in [0.15, 0.2) is 0 Å². The lowest BCUT2D eigenvalue weighted by molar-refractivity contribution is 0.134. The van der Waals surface area contributed by atoms with Crippen molar-refractivity contribution >= 4 is 11.0 Å². The van der Waals surface area contributed by atoms with E-state index in [0.717, 1.165) is 30.1 Å². The molecule has 0 aliphatic carbocycles. The molecule has 0 radical (unpaired) electrons. The maximum Gasteiger partial charge on any atom is 0.112 e. The van der Waals surface area contributed by atoms with E-state index in [-0.39, 0.29) is 0 Å².